The molecule has 1 aliphatic rings. The van der Waals surface area contributed by atoms with Gasteiger partial charge in [-0.3, -0.25) is 4.90 Å². The van der Waals surface area contributed by atoms with Crippen LogP contribution in [0.1, 0.15) is 43.8 Å². The van der Waals surface area contributed by atoms with Crippen LogP contribution in [0.15, 0.2) is 12.1 Å². The molecule has 0 spiro atoms. The van der Waals surface area contributed by atoms with E-state index in [1.54, 1.807) is 6.07 Å². The van der Waals surface area contributed by atoms with E-state index in [-0.39, 0.29) is 6.04 Å². The van der Waals surface area contributed by atoms with Gasteiger partial charge in [0.25, 0.3) is 0 Å². The predicted molar refractivity (Wildman–Crippen MR) is 90.4 cm³/mol. The Labute approximate surface area is 138 Å². The molecule has 4 nitrogen and oxygen atoms in total. The van der Waals surface area contributed by atoms with Crippen molar-refractivity contribution >= 4 is 11.6 Å². The fourth-order valence-electron chi connectivity index (χ4n) is 2.89. The Hall–Kier alpha value is -1.15. The zero-order valence-corrected chi connectivity index (χ0v) is 14.2. The van der Waals surface area contributed by atoms with Gasteiger partial charge in [-0.15, -0.1) is 5.10 Å². The summed E-state index contributed by atoms with van der Waals surface area (Å²) in [6, 6.07) is 3.57. The van der Waals surface area contributed by atoms with Crippen molar-refractivity contribution in [3.05, 3.63) is 23.0 Å². The predicted octanol–water partition coefficient (Wildman–Crippen LogP) is 2.89. The highest BCUT2D eigenvalue weighted by atomic mass is 35.5. The Balaban J connectivity index is 1.77. The van der Waals surface area contributed by atoms with Crippen LogP contribution in [-0.4, -0.2) is 35.7 Å². The van der Waals surface area contributed by atoms with Crippen LogP contribution in [-0.2, 0) is 0 Å². The van der Waals surface area contributed by atoms with Gasteiger partial charge >= 0.3 is 0 Å². The van der Waals surface area contributed by atoms with Crippen LogP contribution in [0.25, 0.3) is 0 Å². The Morgan fingerprint density at radius 3 is 2.59 bits per heavy atom. The summed E-state index contributed by atoms with van der Waals surface area (Å²) in [5.41, 5.74) is 7.08. The number of hydrogen-bond acceptors (Lipinski definition) is 4. The van der Waals surface area contributed by atoms with E-state index in [4.69, 9.17) is 17.3 Å². The minimum atomic E-state index is -0.0499. The molecule has 1 aromatic rings. The molecule has 0 amide bonds. The molecular formula is C17H25ClN4. The number of hydrogen-bond donors (Lipinski definition) is 1. The minimum Gasteiger partial charge on any atom is -0.323 e. The van der Waals surface area contributed by atoms with Crippen molar-refractivity contribution in [2.24, 2.45) is 17.6 Å². The average Bonchev–Trinajstić information content (AvgIpc) is 2.49. The molecule has 2 N–H and O–H groups in total. The fraction of sp³-hybridized carbons (Fsp3) is 0.647. The molecule has 1 aliphatic carbocycles. The largest absolute Gasteiger partial charge is 0.323 e. The molecule has 0 radical (unpaired) electrons. The van der Waals surface area contributed by atoms with Crippen molar-refractivity contribution in [1.29, 1.82) is 0 Å². The van der Waals surface area contributed by atoms with E-state index in [0.717, 1.165) is 18.7 Å². The lowest BCUT2D eigenvalue weighted by Crippen LogP contribution is -2.21. The van der Waals surface area contributed by atoms with Crippen molar-refractivity contribution in [1.82, 2.24) is 15.1 Å². The quantitative estimate of drug-likeness (QED) is 0.867. The molecule has 0 bridgehead atoms. The minimum absolute atomic E-state index is 0.0499. The molecule has 1 unspecified atom stereocenters. The second kappa shape index (κ2) is 8.47. The van der Waals surface area contributed by atoms with Crippen LogP contribution >= 0.6 is 11.6 Å². The molecule has 0 saturated heterocycles. The number of nitrogens with two attached hydrogens (primary N) is 1. The fourth-order valence-corrected chi connectivity index (χ4v) is 3.00. The van der Waals surface area contributed by atoms with E-state index in [1.165, 1.54) is 25.7 Å². The first-order valence-corrected chi connectivity index (χ1v) is 8.30. The summed E-state index contributed by atoms with van der Waals surface area (Å²) in [5, 5.41) is 8.36. The zero-order chi connectivity index (χ0) is 15.9. The summed E-state index contributed by atoms with van der Waals surface area (Å²) >= 11 is 5.76. The molecule has 1 heterocycles. The second-order valence-corrected chi connectivity index (χ2v) is 6.79. The van der Waals surface area contributed by atoms with Crippen LogP contribution in [0.4, 0.5) is 0 Å². The van der Waals surface area contributed by atoms with Crippen LogP contribution < -0.4 is 5.73 Å². The smallest absolute Gasteiger partial charge is 0.151 e. The van der Waals surface area contributed by atoms with Gasteiger partial charge in [0.05, 0.1) is 12.2 Å². The SMILES string of the molecule is CN(C)CC#CC1CCC(CC(N)c2ccc(Cl)nn2)CC1. The Morgan fingerprint density at radius 2 is 2.00 bits per heavy atom. The number of nitrogens with zero attached hydrogens (tertiary/aromatic N) is 3. The van der Waals surface area contributed by atoms with Crippen LogP contribution in [0.3, 0.4) is 0 Å². The highest BCUT2D eigenvalue weighted by Crippen LogP contribution is 2.33. The molecule has 2 rings (SSSR count). The first kappa shape index (κ1) is 17.2. The Kier molecular flexibility index (Phi) is 6.63. The van der Waals surface area contributed by atoms with Crippen LogP contribution in [0.5, 0.6) is 0 Å². The van der Waals surface area contributed by atoms with Crippen molar-refractivity contribution in [3.8, 4) is 11.8 Å². The van der Waals surface area contributed by atoms with Gasteiger partial charge in [0.2, 0.25) is 0 Å². The first-order valence-electron chi connectivity index (χ1n) is 7.92. The van der Waals surface area contributed by atoms with Gasteiger partial charge in [-0.2, -0.15) is 5.10 Å². The van der Waals surface area contributed by atoms with Gasteiger partial charge in [-0.1, -0.05) is 23.4 Å². The van der Waals surface area contributed by atoms with Gasteiger partial charge in [0, 0.05) is 12.0 Å². The van der Waals surface area contributed by atoms with Crippen molar-refractivity contribution < 1.29 is 0 Å². The van der Waals surface area contributed by atoms with E-state index in [9.17, 15) is 0 Å². The van der Waals surface area contributed by atoms with Gasteiger partial charge in [-0.25, -0.2) is 0 Å². The summed E-state index contributed by atoms with van der Waals surface area (Å²) in [4.78, 5) is 2.10. The zero-order valence-electron chi connectivity index (χ0n) is 13.4. The standard InChI is InChI=1S/C17H25ClN4/c1-22(2)11-3-4-13-5-7-14(8-6-13)12-15(19)16-9-10-17(18)21-20-16/h9-10,13-15H,5-8,11-12,19H2,1-2H3. The van der Waals surface area contributed by atoms with E-state index in [0.29, 0.717) is 17.0 Å². The molecule has 120 valence electrons. The molecule has 1 fully saturated rings. The lowest BCUT2D eigenvalue weighted by Gasteiger charge is -2.27. The van der Waals surface area contributed by atoms with E-state index in [2.05, 4.69) is 26.9 Å². The summed E-state index contributed by atoms with van der Waals surface area (Å²) in [7, 11) is 4.10. The number of aromatic nitrogens is 2. The molecule has 0 aliphatic heterocycles. The number of rotatable bonds is 4. The third-order valence-corrected chi connectivity index (χ3v) is 4.37. The summed E-state index contributed by atoms with van der Waals surface area (Å²) in [6.07, 6.45) is 5.74. The molecule has 22 heavy (non-hydrogen) atoms. The summed E-state index contributed by atoms with van der Waals surface area (Å²) < 4.78 is 0. The van der Waals surface area contributed by atoms with Crippen LogP contribution in [0, 0.1) is 23.7 Å². The van der Waals surface area contributed by atoms with E-state index in [1.807, 2.05) is 20.2 Å². The average molecular weight is 321 g/mol. The maximum Gasteiger partial charge on any atom is 0.151 e. The van der Waals surface area contributed by atoms with Crippen molar-refractivity contribution in [2.45, 2.75) is 38.1 Å². The topological polar surface area (TPSA) is 55.0 Å². The third kappa shape index (κ3) is 5.57. The summed E-state index contributed by atoms with van der Waals surface area (Å²) in [6.45, 7) is 0.847. The Bertz CT molecular complexity index is 510. The highest BCUT2D eigenvalue weighted by Gasteiger charge is 2.22. The van der Waals surface area contributed by atoms with E-state index < -0.39 is 0 Å². The van der Waals surface area contributed by atoms with Gasteiger partial charge in [0.15, 0.2) is 5.15 Å². The van der Waals surface area contributed by atoms with Gasteiger partial charge in [0.1, 0.15) is 0 Å². The lowest BCUT2D eigenvalue weighted by molar-refractivity contribution is 0.285. The molecule has 5 heteroatoms. The monoisotopic (exact) mass is 320 g/mol. The first-order chi connectivity index (χ1) is 10.5. The second-order valence-electron chi connectivity index (χ2n) is 6.40. The Morgan fingerprint density at radius 1 is 1.27 bits per heavy atom. The highest BCUT2D eigenvalue weighted by molar-refractivity contribution is 6.29. The van der Waals surface area contributed by atoms with Crippen molar-refractivity contribution in [3.63, 3.8) is 0 Å². The summed E-state index contributed by atoms with van der Waals surface area (Å²) in [5.74, 6) is 7.89. The van der Waals surface area contributed by atoms with E-state index >= 15 is 0 Å². The maximum absolute atomic E-state index is 6.24. The molecule has 1 saturated carbocycles. The molecule has 1 atom stereocenters. The van der Waals surface area contributed by atoms with Crippen molar-refractivity contribution in [2.75, 3.05) is 20.6 Å². The van der Waals surface area contributed by atoms with Gasteiger partial charge in [-0.05, 0) is 64.3 Å². The van der Waals surface area contributed by atoms with Crippen LogP contribution in [0.2, 0.25) is 5.15 Å². The third-order valence-electron chi connectivity index (χ3n) is 4.17. The normalized spacial score (nSPS) is 23.0. The lowest BCUT2D eigenvalue weighted by atomic mass is 9.79. The molecule has 0 aromatic carbocycles. The molecular weight excluding hydrogens is 296 g/mol. The molecule has 1 aromatic heterocycles. The number of halogens is 1. The maximum atomic E-state index is 6.24. The van der Waals surface area contributed by atoms with Gasteiger partial charge < -0.3 is 5.73 Å².